The Balaban J connectivity index is 1.94. The van der Waals surface area contributed by atoms with Crippen molar-refractivity contribution in [2.45, 2.75) is 34.1 Å². The molecule has 1 aromatic carbocycles. The van der Waals surface area contributed by atoms with Gasteiger partial charge in [0.1, 0.15) is 5.75 Å². The Labute approximate surface area is 119 Å². The summed E-state index contributed by atoms with van der Waals surface area (Å²) in [5.74, 6) is 0.798. The van der Waals surface area contributed by atoms with Gasteiger partial charge in [-0.05, 0) is 51.0 Å². The number of aromatic nitrogens is 2. The van der Waals surface area contributed by atoms with Crippen LogP contribution in [0.2, 0.25) is 0 Å². The summed E-state index contributed by atoms with van der Waals surface area (Å²) in [6.45, 7) is 8.14. The number of ether oxygens (including phenoxy) is 1. The molecule has 2 rings (SSSR count). The lowest BCUT2D eigenvalue weighted by Gasteiger charge is -2.10. The highest BCUT2D eigenvalue weighted by Crippen LogP contribution is 2.19. The standard InChI is InChI=1S/C16H20N2O2/c1-11-5-6-12(2)15(9-11)20-8-7-16(19)18-14(4)10-13(3)17-18/h5-6,9-10H,7-8H2,1-4H3. The predicted octanol–water partition coefficient (Wildman–Crippen LogP) is 3.23. The lowest BCUT2D eigenvalue weighted by molar-refractivity contribution is 0.0862. The molecule has 4 nitrogen and oxygen atoms in total. The zero-order valence-corrected chi connectivity index (χ0v) is 12.4. The van der Waals surface area contributed by atoms with Gasteiger partial charge in [0.05, 0.1) is 18.7 Å². The molecule has 4 heteroatoms. The van der Waals surface area contributed by atoms with Crippen molar-refractivity contribution in [1.82, 2.24) is 9.78 Å². The number of rotatable bonds is 4. The molecular formula is C16H20N2O2. The van der Waals surface area contributed by atoms with E-state index in [0.29, 0.717) is 13.0 Å². The van der Waals surface area contributed by atoms with Crippen LogP contribution in [0.15, 0.2) is 24.3 Å². The van der Waals surface area contributed by atoms with Gasteiger partial charge in [0.25, 0.3) is 5.91 Å². The van der Waals surface area contributed by atoms with Crippen molar-refractivity contribution in [1.29, 1.82) is 0 Å². The van der Waals surface area contributed by atoms with Crippen LogP contribution in [0, 0.1) is 27.7 Å². The van der Waals surface area contributed by atoms with Gasteiger partial charge in [-0.3, -0.25) is 4.79 Å². The van der Waals surface area contributed by atoms with Gasteiger partial charge in [-0.25, -0.2) is 4.68 Å². The van der Waals surface area contributed by atoms with Crippen LogP contribution in [0.25, 0.3) is 0 Å². The van der Waals surface area contributed by atoms with Crippen LogP contribution < -0.4 is 4.74 Å². The molecule has 0 bridgehead atoms. The van der Waals surface area contributed by atoms with Gasteiger partial charge in [-0.1, -0.05) is 12.1 Å². The molecule has 0 atom stereocenters. The molecule has 2 aromatic rings. The summed E-state index contributed by atoms with van der Waals surface area (Å²) in [5, 5.41) is 4.18. The Morgan fingerprint density at radius 1 is 1.20 bits per heavy atom. The number of carbonyl (C=O) groups is 1. The minimum atomic E-state index is -0.0408. The van der Waals surface area contributed by atoms with Gasteiger partial charge >= 0.3 is 0 Å². The summed E-state index contributed by atoms with van der Waals surface area (Å²) < 4.78 is 7.14. The quantitative estimate of drug-likeness (QED) is 0.858. The molecule has 0 saturated heterocycles. The molecule has 1 heterocycles. The molecule has 1 aromatic heterocycles. The summed E-state index contributed by atoms with van der Waals surface area (Å²) in [7, 11) is 0. The largest absolute Gasteiger partial charge is 0.493 e. The van der Waals surface area contributed by atoms with E-state index in [1.807, 2.05) is 52.0 Å². The van der Waals surface area contributed by atoms with Crippen molar-refractivity contribution >= 4 is 5.91 Å². The summed E-state index contributed by atoms with van der Waals surface area (Å²) in [6, 6.07) is 7.95. The predicted molar refractivity (Wildman–Crippen MR) is 78.4 cm³/mol. The maximum Gasteiger partial charge on any atom is 0.250 e. The monoisotopic (exact) mass is 272 g/mol. The summed E-state index contributed by atoms with van der Waals surface area (Å²) >= 11 is 0. The van der Waals surface area contributed by atoms with Crippen molar-refractivity contribution in [2.75, 3.05) is 6.61 Å². The first-order chi connectivity index (χ1) is 9.47. The van der Waals surface area contributed by atoms with Gasteiger partial charge in [-0.15, -0.1) is 0 Å². The molecule has 0 aliphatic heterocycles. The van der Waals surface area contributed by atoms with E-state index in [9.17, 15) is 4.79 Å². The van der Waals surface area contributed by atoms with Crippen molar-refractivity contribution in [3.63, 3.8) is 0 Å². The zero-order valence-electron chi connectivity index (χ0n) is 12.4. The van der Waals surface area contributed by atoms with Gasteiger partial charge in [0, 0.05) is 5.69 Å². The molecule has 0 amide bonds. The Kier molecular flexibility index (Phi) is 4.23. The third-order valence-corrected chi connectivity index (χ3v) is 3.16. The van der Waals surface area contributed by atoms with Gasteiger partial charge in [0.2, 0.25) is 0 Å². The first-order valence-electron chi connectivity index (χ1n) is 6.74. The molecule has 0 N–H and O–H groups in total. The molecule has 0 aliphatic carbocycles. The van der Waals surface area contributed by atoms with E-state index in [0.717, 1.165) is 28.3 Å². The van der Waals surface area contributed by atoms with E-state index in [2.05, 4.69) is 5.10 Å². The van der Waals surface area contributed by atoms with Crippen LogP contribution in [0.4, 0.5) is 0 Å². The van der Waals surface area contributed by atoms with E-state index >= 15 is 0 Å². The molecule has 0 unspecified atom stereocenters. The highest BCUT2D eigenvalue weighted by Gasteiger charge is 2.10. The molecule has 0 spiro atoms. The van der Waals surface area contributed by atoms with Gasteiger partial charge in [0.15, 0.2) is 0 Å². The van der Waals surface area contributed by atoms with Crippen LogP contribution in [0.3, 0.4) is 0 Å². The maximum atomic E-state index is 12.0. The topological polar surface area (TPSA) is 44.1 Å². The number of benzene rings is 1. The van der Waals surface area contributed by atoms with Crippen LogP contribution in [0.5, 0.6) is 5.75 Å². The Morgan fingerprint density at radius 3 is 2.60 bits per heavy atom. The van der Waals surface area contributed by atoms with Crippen LogP contribution in [-0.2, 0) is 0 Å². The summed E-state index contributed by atoms with van der Waals surface area (Å²) in [4.78, 5) is 12.0. The van der Waals surface area contributed by atoms with Crippen molar-refractivity contribution < 1.29 is 9.53 Å². The van der Waals surface area contributed by atoms with Gasteiger partial charge < -0.3 is 4.74 Å². The van der Waals surface area contributed by atoms with Crippen LogP contribution in [0.1, 0.15) is 33.7 Å². The Hall–Kier alpha value is -2.10. The molecule has 0 radical (unpaired) electrons. The number of hydrogen-bond donors (Lipinski definition) is 0. The van der Waals surface area contributed by atoms with Crippen LogP contribution in [-0.4, -0.2) is 22.3 Å². The minimum Gasteiger partial charge on any atom is -0.493 e. The fourth-order valence-corrected chi connectivity index (χ4v) is 2.10. The van der Waals surface area contributed by atoms with E-state index in [1.54, 1.807) is 0 Å². The van der Waals surface area contributed by atoms with E-state index < -0.39 is 0 Å². The minimum absolute atomic E-state index is 0.0408. The smallest absolute Gasteiger partial charge is 0.250 e. The number of hydrogen-bond acceptors (Lipinski definition) is 3. The zero-order chi connectivity index (χ0) is 14.7. The molecular weight excluding hydrogens is 252 g/mol. The maximum absolute atomic E-state index is 12.0. The summed E-state index contributed by atoms with van der Waals surface area (Å²) in [5.41, 5.74) is 3.94. The second-order valence-corrected chi connectivity index (χ2v) is 5.10. The molecule has 0 aliphatic rings. The second-order valence-electron chi connectivity index (χ2n) is 5.10. The normalized spacial score (nSPS) is 10.6. The third kappa shape index (κ3) is 3.26. The average molecular weight is 272 g/mol. The first kappa shape index (κ1) is 14.3. The van der Waals surface area contributed by atoms with Crippen molar-refractivity contribution in [3.05, 3.63) is 46.8 Å². The SMILES string of the molecule is Cc1ccc(C)c(OCCC(=O)n2nc(C)cc2C)c1. The highest BCUT2D eigenvalue weighted by molar-refractivity contribution is 5.78. The first-order valence-corrected chi connectivity index (χ1v) is 6.74. The molecule has 106 valence electrons. The number of carbonyl (C=O) groups excluding carboxylic acids is 1. The van der Waals surface area contributed by atoms with Crippen LogP contribution >= 0.6 is 0 Å². The number of aryl methyl sites for hydroxylation is 4. The molecule has 20 heavy (non-hydrogen) atoms. The Bertz CT molecular complexity index is 629. The van der Waals surface area contributed by atoms with Crippen molar-refractivity contribution in [2.24, 2.45) is 0 Å². The third-order valence-electron chi connectivity index (χ3n) is 3.16. The fraction of sp³-hybridized carbons (Fsp3) is 0.375. The highest BCUT2D eigenvalue weighted by atomic mass is 16.5. The second kappa shape index (κ2) is 5.90. The van der Waals surface area contributed by atoms with E-state index in [-0.39, 0.29) is 5.91 Å². The van der Waals surface area contributed by atoms with E-state index in [1.165, 1.54) is 4.68 Å². The summed E-state index contributed by atoms with van der Waals surface area (Å²) in [6.07, 6.45) is 0.315. The van der Waals surface area contributed by atoms with E-state index in [4.69, 9.17) is 4.74 Å². The molecule has 0 saturated carbocycles. The number of nitrogens with zero attached hydrogens (tertiary/aromatic N) is 2. The van der Waals surface area contributed by atoms with Gasteiger partial charge in [-0.2, -0.15) is 5.10 Å². The fourth-order valence-electron chi connectivity index (χ4n) is 2.10. The Morgan fingerprint density at radius 2 is 1.95 bits per heavy atom. The lowest BCUT2D eigenvalue weighted by atomic mass is 10.1. The molecule has 0 fully saturated rings. The average Bonchev–Trinajstić information content (AvgIpc) is 2.72. The lowest BCUT2D eigenvalue weighted by Crippen LogP contribution is -2.17. The van der Waals surface area contributed by atoms with Crippen molar-refractivity contribution in [3.8, 4) is 5.75 Å².